The molecular weight excluding hydrogens is 313 g/mol. The number of aromatic nitrogens is 2. The lowest BCUT2D eigenvalue weighted by Gasteiger charge is -2.13. The Labute approximate surface area is 130 Å². The fraction of sp³-hybridized carbons (Fsp3) is 0.286. The summed E-state index contributed by atoms with van der Waals surface area (Å²) in [7, 11) is 0. The van der Waals surface area contributed by atoms with Crippen LogP contribution in [0, 0.1) is 12.7 Å². The van der Waals surface area contributed by atoms with E-state index in [-0.39, 0.29) is 12.1 Å². The van der Waals surface area contributed by atoms with Crippen molar-refractivity contribution >= 4 is 23.5 Å². The van der Waals surface area contributed by atoms with Crippen LogP contribution in [0.1, 0.15) is 23.4 Å². The first-order valence-corrected chi connectivity index (χ1v) is 7.67. The van der Waals surface area contributed by atoms with Crippen molar-refractivity contribution < 1.29 is 13.2 Å². The van der Waals surface area contributed by atoms with Crippen LogP contribution in [-0.4, -0.2) is 16.2 Å². The van der Waals surface area contributed by atoms with E-state index in [0.29, 0.717) is 17.3 Å². The molecule has 22 heavy (non-hydrogen) atoms. The van der Waals surface area contributed by atoms with Gasteiger partial charge in [0, 0.05) is 18.4 Å². The normalized spacial score (nSPS) is 10.8. The van der Waals surface area contributed by atoms with Crippen LogP contribution in [0.5, 0.6) is 0 Å². The summed E-state index contributed by atoms with van der Waals surface area (Å²) in [5.74, 6) is 0.148. The molecule has 2 rings (SSSR count). The molecule has 0 aliphatic rings. The molecule has 0 aliphatic carbocycles. The van der Waals surface area contributed by atoms with Crippen LogP contribution >= 0.6 is 11.9 Å². The van der Waals surface area contributed by atoms with Crippen molar-refractivity contribution in [2.75, 3.05) is 16.3 Å². The second-order valence-electron chi connectivity index (χ2n) is 4.46. The van der Waals surface area contributed by atoms with Crippen LogP contribution in [0.2, 0.25) is 0 Å². The highest BCUT2D eigenvalue weighted by molar-refractivity contribution is 7.99. The van der Waals surface area contributed by atoms with E-state index in [9.17, 15) is 13.2 Å². The van der Waals surface area contributed by atoms with Crippen LogP contribution in [-0.2, 0) is 6.54 Å². The van der Waals surface area contributed by atoms with E-state index < -0.39 is 17.8 Å². The van der Waals surface area contributed by atoms with Crippen molar-refractivity contribution in [1.29, 1.82) is 0 Å². The molecule has 0 radical (unpaired) electrons. The van der Waals surface area contributed by atoms with Gasteiger partial charge < -0.3 is 10.0 Å². The third-order valence-electron chi connectivity index (χ3n) is 2.91. The van der Waals surface area contributed by atoms with E-state index in [1.165, 1.54) is 24.1 Å². The fourth-order valence-corrected chi connectivity index (χ4v) is 2.24. The minimum Gasteiger partial charge on any atom is -0.364 e. The number of hydrogen-bond acceptors (Lipinski definition) is 5. The zero-order chi connectivity index (χ0) is 16.1. The molecule has 0 unspecified atom stereocenters. The Kier molecular flexibility index (Phi) is 5.48. The summed E-state index contributed by atoms with van der Waals surface area (Å²) in [6.45, 7) is 1.78. The second kappa shape index (κ2) is 7.35. The van der Waals surface area contributed by atoms with Crippen LogP contribution in [0.15, 0.2) is 24.4 Å². The lowest BCUT2D eigenvalue weighted by atomic mass is 10.1. The van der Waals surface area contributed by atoms with Gasteiger partial charge in [-0.25, -0.2) is 23.1 Å². The predicted octanol–water partition coefficient (Wildman–Crippen LogP) is 4.16. The van der Waals surface area contributed by atoms with Gasteiger partial charge in [-0.1, -0.05) is 30.1 Å². The quantitative estimate of drug-likeness (QED) is 0.780. The second-order valence-corrected chi connectivity index (χ2v) is 5.07. The first-order valence-electron chi connectivity index (χ1n) is 6.45. The summed E-state index contributed by atoms with van der Waals surface area (Å²) in [5.41, 5.74) is 0.202. The monoisotopic (exact) mass is 328 g/mol. The molecule has 8 heteroatoms. The third kappa shape index (κ3) is 3.82. The Hall–Kier alpha value is -1.96. The standard InChI is InChI=1S/C14H15F3N4S/c1-8-18-7-11(21-22-2)14(20-8)19-6-9-4-3-5-10(12(9)15)13(16)17/h3-5,7,13,21H,6H2,1-2H3,(H,18,19,20). The number of rotatable bonds is 6. The average molecular weight is 328 g/mol. The number of halogens is 3. The van der Waals surface area contributed by atoms with Gasteiger partial charge in [-0.2, -0.15) is 0 Å². The smallest absolute Gasteiger partial charge is 0.266 e. The van der Waals surface area contributed by atoms with Gasteiger partial charge in [0.15, 0.2) is 5.82 Å². The highest BCUT2D eigenvalue weighted by atomic mass is 32.2. The molecule has 0 fully saturated rings. The molecule has 1 aromatic carbocycles. The average Bonchev–Trinajstić information content (AvgIpc) is 2.48. The molecule has 1 heterocycles. The molecule has 0 atom stereocenters. The minimum atomic E-state index is -2.84. The van der Waals surface area contributed by atoms with Gasteiger partial charge in [-0.05, 0) is 6.92 Å². The Morgan fingerprint density at radius 3 is 2.77 bits per heavy atom. The molecule has 4 nitrogen and oxygen atoms in total. The van der Waals surface area contributed by atoms with Gasteiger partial charge in [0.1, 0.15) is 17.3 Å². The van der Waals surface area contributed by atoms with Crippen LogP contribution in [0.3, 0.4) is 0 Å². The minimum absolute atomic E-state index is 0.0475. The molecule has 2 aromatic rings. The zero-order valence-electron chi connectivity index (χ0n) is 12.0. The highest BCUT2D eigenvalue weighted by Crippen LogP contribution is 2.25. The summed E-state index contributed by atoms with van der Waals surface area (Å²) in [6, 6.07) is 3.96. The number of nitrogens with zero attached hydrogens (tertiary/aromatic N) is 2. The van der Waals surface area contributed by atoms with Crippen LogP contribution in [0.25, 0.3) is 0 Å². The van der Waals surface area contributed by atoms with Crippen molar-refractivity contribution in [1.82, 2.24) is 9.97 Å². The lowest BCUT2D eigenvalue weighted by Crippen LogP contribution is -2.08. The lowest BCUT2D eigenvalue weighted by molar-refractivity contribution is 0.146. The number of hydrogen-bond donors (Lipinski definition) is 2. The first-order chi connectivity index (χ1) is 10.5. The van der Waals surface area contributed by atoms with Crippen molar-refractivity contribution in [3.05, 3.63) is 47.2 Å². The molecule has 118 valence electrons. The zero-order valence-corrected chi connectivity index (χ0v) is 12.8. The predicted molar refractivity (Wildman–Crippen MR) is 82.6 cm³/mol. The summed E-state index contributed by atoms with van der Waals surface area (Å²) in [6.07, 6.45) is 0.609. The summed E-state index contributed by atoms with van der Waals surface area (Å²) < 4.78 is 42.4. The molecule has 0 saturated carbocycles. The molecule has 2 N–H and O–H groups in total. The molecule has 0 bridgehead atoms. The van der Waals surface area contributed by atoms with E-state index in [4.69, 9.17) is 0 Å². The van der Waals surface area contributed by atoms with Crippen molar-refractivity contribution in [2.45, 2.75) is 19.9 Å². The molecular formula is C14H15F3N4S. The van der Waals surface area contributed by atoms with Gasteiger partial charge in [0.2, 0.25) is 0 Å². The summed E-state index contributed by atoms with van der Waals surface area (Å²) in [5, 5.41) is 2.95. The molecule has 0 aliphatic heterocycles. The Balaban J connectivity index is 2.20. The van der Waals surface area contributed by atoms with E-state index >= 15 is 0 Å². The molecule has 0 saturated heterocycles. The van der Waals surface area contributed by atoms with E-state index in [2.05, 4.69) is 20.0 Å². The SMILES string of the molecule is CSNc1cnc(C)nc1NCc1cccc(C(F)F)c1F. The Bertz CT molecular complexity index is 652. The Morgan fingerprint density at radius 1 is 1.32 bits per heavy atom. The number of anilines is 2. The molecule has 0 amide bonds. The maximum Gasteiger partial charge on any atom is 0.266 e. The van der Waals surface area contributed by atoms with Gasteiger partial charge in [-0.3, -0.25) is 0 Å². The van der Waals surface area contributed by atoms with Crippen molar-refractivity contribution in [2.24, 2.45) is 0 Å². The van der Waals surface area contributed by atoms with Crippen LogP contribution in [0.4, 0.5) is 24.7 Å². The van der Waals surface area contributed by atoms with Crippen LogP contribution < -0.4 is 10.0 Å². The topological polar surface area (TPSA) is 49.8 Å². The number of alkyl halides is 2. The fourth-order valence-electron chi connectivity index (χ4n) is 1.87. The number of nitrogens with one attached hydrogen (secondary N) is 2. The van der Waals surface area contributed by atoms with E-state index in [0.717, 1.165) is 6.07 Å². The maximum absolute atomic E-state index is 14.0. The van der Waals surface area contributed by atoms with Gasteiger partial charge >= 0.3 is 0 Å². The highest BCUT2D eigenvalue weighted by Gasteiger charge is 2.16. The van der Waals surface area contributed by atoms with E-state index in [1.54, 1.807) is 13.1 Å². The first kappa shape index (κ1) is 16.4. The van der Waals surface area contributed by atoms with E-state index in [1.807, 2.05) is 6.26 Å². The summed E-state index contributed by atoms with van der Waals surface area (Å²) >= 11 is 1.36. The van der Waals surface area contributed by atoms with Crippen molar-refractivity contribution in [3.8, 4) is 0 Å². The molecule has 1 aromatic heterocycles. The van der Waals surface area contributed by atoms with Gasteiger partial charge in [0.25, 0.3) is 6.43 Å². The Morgan fingerprint density at radius 2 is 2.09 bits per heavy atom. The summed E-state index contributed by atoms with van der Waals surface area (Å²) in [4.78, 5) is 8.29. The number of benzene rings is 1. The third-order valence-corrected chi connectivity index (χ3v) is 3.34. The maximum atomic E-state index is 14.0. The van der Waals surface area contributed by atoms with Crippen molar-refractivity contribution in [3.63, 3.8) is 0 Å². The molecule has 0 spiro atoms. The largest absolute Gasteiger partial charge is 0.364 e. The number of aryl methyl sites for hydroxylation is 1. The van der Waals surface area contributed by atoms with Gasteiger partial charge in [-0.15, -0.1) is 0 Å². The van der Waals surface area contributed by atoms with Gasteiger partial charge in [0.05, 0.1) is 11.8 Å².